The first-order chi connectivity index (χ1) is 7.29. The summed E-state index contributed by atoms with van der Waals surface area (Å²) in [6.45, 7) is 6.54. The molecule has 1 rings (SSSR count). The minimum atomic E-state index is 0.00453. The summed E-state index contributed by atoms with van der Waals surface area (Å²) < 4.78 is 1.59. The Morgan fingerprint density at radius 3 is 2.62 bits per heavy atom. The van der Waals surface area contributed by atoms with E-state index in [1.807, 2.05) is 20.8 Å². The van der Waals surface area contributed by atoms with E-state index < -0.39 is 0 Å². The van der Waals surface area contributed by atoms with Gasteiger partial charge in [-0.25, -0.2) is 0 Å². The molecule has 5 nitrogen and oxygen atoms in total. The van der Waals surface area contributed by atoms with Crippen molar-refractivity contribution in [3.8, 4) is 0 Å². The zero-order valence-electron chi connectivity index (χ0n) is 10.4. The molecule has 0 spiro atoms. The van der Waals surface area contributed by atoms with Gasteiger partial charge in [-0.3, -0.25) is 9.48 Å². The Labute approximate surface area is 96.0 Å². The SMILES string of the molecule is Cn1ncc(CNC(=O)CC(C)(C)C)c1N. The van der Waals surface area contributed by atoms with E-state index in [2.05, 4.69) is 10.4 Å². The molecular formula is C11H20N4O. The minimum absolute atomic E-state index is 0.00453. The second-order valence-corrected chi connectivity index (χ2v) is 5.19. The second-order valence-electron chi connectivity index (χ2n) is 5.19. The lowest BCUT2D eigenvalue weighted by atomic mass is 9.92. The van der Waals surface area contributed by atoms with Crippen LogP contribution in [0.4, 0.5) is 5.82 Å². The lowest BCUT2D eigenvalue weighted by Crippen LogP contribution is -2.27. The smallest absolute Gasteiger partial charge is 0.220 e. The fourth-order valence-corrected chi connectivity index (χ4v) is 1.37. The molecule has 16 heavy (non-hydrogen) atoms. The Morgan fingerprint density at radius 2 is 2.19 bits per heavy atom. The number of hydrogen-bond donors (Lipinski definition) is 2. The largest absolute Gasteiger partial charge is 0.384 e. The number of aromatic nitrogens is 2. The van der Waals surface area contributed by atoms with Gasteiger partial charge in [-0.15, -0.1) is 0 Å². The van der Waals surface area contributed by atoms with E-state index in [0.717, 1.165) is 5.56 Å². The van der Waals surface area contributed by atoms with Gasteiger partial charge in [-0.05, 0) is 5.41 Å². The van der Waals surface area contributed by atoms with Crippen LogP contribution < -0.4 is 11.1 Å². The lowest BCUT2D eigenvalue weighted by Gasteiger charge is -2.17. The van der Waals surface area contributed by atoms with Crippen LogP contribution in [0.15, 0.2) is 6.20 Å². The van der Waals surface area contributed by atoms with Gasteiger partial charge in [0, 0.05) is 25.6 Å². The molecule has 0 atom stereocenters. The first kappa shape index (κ1) is 12.5. The Bertz CT molecular complexity index is 376. The normalized spacial score (nSPS) is 11.5. The summed E-state index contributed by atoms with van der Waals surface area (Å²) in [5, 5.41) is 6.85. The van der Waals surface area contributed by atoms with Gasteiger partial charge in [0.1, 0.15) is 5.82 Å². The van der Waals surface area contributed by atoms with Crippen molar-refractivity contribution < 1.29 is 4.79 Å². The number of nitrogens with two attached hydrogens (primary N) is 1. The quantitative estimate of drug-likeness (QED) is 0.806. The van der Waals surface area contributed by atoms with E-state index in [-0.39, 0.29) is 11.3 Å². The number of aryl methyl sites for hydroxylation is 1. The molecule has 0 bridgehead atoms. The number of nitrogen functional groups attached to an aromatic ring is 1. The number of rotatable bonds is 3. The summed E-state index contributed by atoms with van der Waals surface area (Å²) in [5.41, 5.74) is 6.62. The van der Waals surface area contributed by atoms with Gasteiger partial charge in [0.25, 0.3) is 0 Å². The highest BCUT2D eigenvalue weighted by atomic mass is 16.1. The molecular weight excluding hydrogens is 204 g/mol. The Hall–Kier alpha value is -1.52. The molecule has 0 saturated carbocycles. The maximum atomic E-state index is 11.6. The van der Waals surface area contributed by atoms with E-state index in [0.29, 0.717) is 18.8 Å². The highest BCUT2D eigenvalue weighted by Crippen LogP contribution is 2.18. The average Bonchev–Trinajstić information content (AvgIpc) is 2.42. The van der Waals surface area contributed by atoms with Gasteiger partial charge in [-0.1, -0.05) is 20.8 Å². The van der Waals surface area contributed by atoms with Crippen LogP contribution in [0.25, 0.3) is 0 Å². The number of anilines is 1. The molecule has 0 unspecified atom stereocenters. The standard InChI is InChI=1S/C11H20N4O/c1-11(2,3)5-9(16)13-6-8-7-14-15(4)10(8)12/h7H,5-6,12H2,1-4H3,(H,13,16). The molecule has 0 aliphatic rings. The molecule has 1 aromatic heterocycles. The van der Waals surface area contributed by atoms with Crippen molar-refractivity contribution in [3.05, 3.63) is 11.8 Å². The monoisotopic (exact) mass is 224 g/mol. The highest BCUT2D eigenvalue weighted by molar-refractivity contribution is 5.76. The van der Waals surface area contributed by atoms with Crippen molar-refractivity contribution >= 4 is 11.7 Å². The van der Waals surface area contributed by atoms with Crippen LogP contribution in [0, 0.1) is 5.41 Å². The van der Waals surface area contributed by atoms with Crippen LogP contribution in [-0.2, 0) is 18.4 Å². The van der Waals surface area contributed by atoms with Crippen molar-refractivity contribution in [2.24, 2.45) is 12.5 Å². The molecule has 5 heteroatoms. The highest BCUT2D eigenvalue weighted by Gasteiger charge is 2.16. The molecule has 0 aliphatic carbocycles. The first-order valence-electron chi connectivity index (χ1n) is 5.32. The fraction of sp³-hybridized carbons (Fsp3) is 0.636. The number of carbonyl (C=O) groups is 1. The summed E-state index contributed by atoms with van der Waals surface area (Å²) in [6, 6.07) is 0. The van der Waals surface area contributed by atoms with Crippen molar-refractivity contribution in [1.29, 1.82) is 0 Å². The molecule has 0 aromatic carbocycles. The fourth-order valence-electron chi connectivity index (χ4n) is 1.37. The van der Waals surface area contributed by atoms with Crippen LogP contribution in [0.2, 0.25) is 0 Å². The number of nitrogens with one attached hydrogen (secondary N) is 1. The molecule has 0 radical (unpaired) electrons. The Morgan fingerprint density at radius 1 is 1.56 bits per heavy atom. The molecule has 0 saturated heterocycles. The van der Waals surface area contributed by atoms with E-state index in [1.54, 1.807) is 17.9 Å². The zero-order valence-corrected chi connectivity index (χ0v) is 10.4. The summed E-state index contributed by atoms with van der Waals surface area (Å²) in [5.74, 6) is 0.631. The second kappa shape index (κ2) is 4.55. The molecule has 90 valence electrons. The van der Waals surface area contributed by atoms with Crippen LogP contribution >= 0.6 is 0 Å². The predicted molar refractivity (Wildman–Crippen MR) is 63.5 cm³/mol. The van der Waals surface area contributed by atoms with Gasteiger partial charge in [0.15, 0.2) is 0 Å². The van der Waals surface area contributed by atoms with Crippen molar-refractivity contribution in [2.75, 3.05) is 5.73 Å². The van der Waals surface area contributed by atoms with Crippen LogP contribution in [0.5, 0.6) is 0 Å². The Balaban J connectivity index is 2.47. The molecule has 0 aliphatic heterocycles. The van der Waals surface area contributed by atoms with Gasteiger partial charge in [0.05, 0.1) is 6.20 Å². The maximum absolute atomic E-state index is 11.6. The van der Waals surface area contributed by atoms with E-state index in [1.165, 1.54) is 0 Å². The van der Waals surface area contributed by atoms with Gasteiger partial charge < -0.3 is 11.1 Å². The number of hydrogen-bond acceptors (Lipinski definition) is 3. The predicted octanol–water partition coefficient (Wildman–Crippen LogP) is 1.05. The lowest BCUT2D eigenvalue weighted by molar-refractivity contribution is -0.122. The molecule has 1 heterocycles. The first-order valence-corrected chi connectivity index (χ1v) is 5.32. The summed E-state index contributed by atoms with van der Waals surface area (Å²) in [4.78, 5) is 11.6. The Kier molecular flexibility index (Phi) is 3.57. The third-order valence-corrected chi connectivity index (χ3v) is 2.23. The summed E-state index contributed by atoms with van der Waals surface area (Å²) in [6.07, 6.45) is 2.18. The van der Waals surface area contributed by atoms with Gasteiger partial charge in [-0.2, -0.15) is 5.10 Å². The van der Waals surface area contributed by atoms with E-state index >= 15 is 0 Å². The summed E-state index contributed by atoms with van der Waals surface area (Å²) >= 11 is 0. The van der Waals surface area contributed by atoms with Crippen molar-refractivity contribution in [2.45, 2.75) is 33.7 Å². The topological polar surface area (TPSA) is 72.9 Å². The molecule has 1 aromatic rings. The van der Waals surface area contributed by atoms with E-state index in [9.17, 15) is 4.79 Å². The zero-order chi connectivity index (χ0) is 12.3. The minimum Gasteiger partial charge on any atom is -0.384 e. The number of carbonyl (C=O) groups excluding carboxylic acids is 1. The third-order valence-electron chi connectivity index (χ3n) is 2.23. The van der Waals surface area contributed by atoms with E-state index in [4.69, 9.17) is 5.73 Å². The van der Waals surface area contributed by atoms with Crippen molar-refractivity contribution in [1.82, 2.24) is 15.1 Å². The average molecular weight is 224 g/mol. The number of amides is 1. The molecule has 1 amide bonds. The van der Waals surface area contributed by atoms with Crippen molar-refractivity contribution in [3.63, 3.8) is 0 Å². The molecule has 0 fully saturated rings. The summed E-state index contributed by atoms with van der Waals surface area (Å²) in [7, 11) is 1.77. The van der Waals surface area contributed by atoms with Crippen LogP contribution in [0.1, 0.15) is 32.8 Å². The number of nitrogens with zero attached hydrogens (tertiary/aromatic N) is 2. The van der Waals surface area contributed by atoms with Gasteiger partial charge in [0.2, 0.25) is 5.91 Å². The molecule has 3 N–H and O–H groups in total. The third kappa shape index (κ3) is 3.56. The van der Waals surface area contributed by atoms with Crippen LogP contribution in [-0.4, -0.2) is 15.7 Å². The van der Waals surface area contributed by atoms with Crippen LogP contribution in [0.3, 0.4) is 0 Å². The maximum Gasteiger partial charge on any atom is 0.220 e. The van der Waals surface area contributed by atoms with Gasteiger partial charge >= 0.3 is 0 Å².